The Kier molecular flexibility index (Phi) is 7.94. The first-order chi connectivity index (χ1) is 22.0. The molecule has 8 nitrogen and oxygen atoms in total. The Labute approximate surface area is 264 Å². The minimum absolute atomic E-state index is 0.0750. The first-order valence-electron chi connectivity index (χ1n) is 15.6. The first kappa shape index (κ1) is 29.3. The lowest BCUT2D eigenvalue weighted by Gasteiger charge is -2.36. The molecule has 6 aliphatic heterocycles. The van der Waals surface area contributed by atoms with Crippen molar-refractivity contribution in [3.63, 3.8) is 0 Å². The van der Waals surface area contributed by atoms with Gasteiger partial charge in [0.25, 0.3) is 0 Å². The Hall–Kier alpha value is -4.40. The third-order valence-corrected chi connectivity index (χ3v) is 9.47. The molecule has 0 fully saturated rings. The Morgan fingerprint density at radius 3 is 2.18 bits per heavy atom. The lowest BCUT2D eigenvalue weighted by atomic mass is 9.87. The molecule has 8 heteroatoms. The third kappa shape index (κ3) is 5.42. The minimum atomic E-state index is -0.0829. The molecule has 0 aromatic heterocycles. The van der Waals surface area contributed by atoms with Gasteiger partial charge in [-0.1, -0.05) is 36.4 Å². The molecule has 4 aromatic rings. The zero-order valence-corrected chi connectivity index (χ0v) is 26.3. The van der Waals surface area contributed by atoms with Crippen molar-refractivity contribution in [3.05, 3.63) is 99.6 Å². The average molecular weight is 609 g/mol. The topological polar surface area (TPSA) is 81.7 Å². The Morgan fingerprint density at radius 1 is 0.778 bits per heavy atom. The lowest BCUT2D eigenvalue weighted by Crippen LogP contribution is -2.34. The van der Waals surface area contributed by atoms with Crippen molar-refractivity contribution in [2.24, 2.45) is 0 Å². The van der Waals surface area contributed by atoms with E-state index in [0.29, 0.717) is 41.8 Å². The largest absolute Gasteiger partial charge is 0.504 e. The number of hydrogen-bond acceptors (Lipinski definition) is 8. The van der Waals surface area contributed by atoms with Gasteiger partial charge < -0.3 is 34.1 Å². The summed E-state index contributed by atoms with van der Waals surface area (Å²) < 4.78 is 30.4. The van der Waals surface area contributed by atoms with E-state index in [-0.39, 0.29) is 17.8 Å². The SMILES string of the molecule is COc1cc2c3c(O)c1OCc1ccc(cc1)C[C@@H]1c4c(cc(OC)c(OC)c4Oc4ccc(cc4)C[C@@H]3NCC2)CCN1C. The van der Waals surface area contributed by atoms with Gasteiger partial charge in [0.15, 0.2) is 23.0 Å². The number of aromatic hydroxyl groups is 1. The molecule has 10 rings (SSSR count). The molecule has 0 amide bonds. The molecular weight excluding hydrogens is 568 g/mol. The molecule has 45 heavy (non-hydrogen) atoms. The van der Waals surface area contributed by atoms with E-state index in [0.717, 1.165) is 65.9 Å². The van der Waals surface area contributed by atoms with Gasteiger partial charge in [0.1, 0.15) is 12.4 Å². The molecule has 0 saturated carbocycles. The van der Waals surface area contributed by atoms with Crippen LogP contribution in [0.2, 0.25) is 0 Å². The summed E-state index contributed by atoms with van der Waals surface area (Å²) in [7, 11) is 7.12. The summed E-state index contributed by atoms with van der Waals surface area (Å²) in [6, 6.07) is 20.8. The van der Waals surface area contributed by atoms with Gasteiger partial charge in [-0.25, -0.2) is 0 Å². The van der Waals surface area contributed by atoms with Gasteiger partial charge in [-0.15, -0.1) is 0 Å². The van der Waals surface area contributed by atoms with Crippen LogP contribution in [-0.4, -0.2) is 51.5 Å². The Morgan fingerprint density at radius 2 is 1.44 bits per heavy atom. The molecule has 6 bridgehead atoms. The smallest absolute Gasteiger partial charge is 0.204 e. The zero-order valence-electron chi connectivity index (χ0n) is 26.3. The van der Waals surface area contributed by atoms with Gasteiger partial charge in [0, 0.05) is 29.8 Å². The summed E-state index contributed by atoms with van der Waals surface area (Å²) in [4.78, 5) is 2.39. The average Bonchev–Trinajstić information content (AvgIpc) is 3.06. The van der Waals surface area contributed by atoms with E-state index in [2.05, 4.69) is 59.7 Å². The van der Waals surface area contributed by atoms with Crippen LogP contribution in [0.4, 0.5) is 0 Å². The Bertz CT molecular complexity index is 1700. The van der Waals surface area contributed by atoms with Crippen molar-refractivity contribution in [2.45, 2.75) is 44.4 Å². The molecule has 4 aromatic carbocycles. The maximum Gasteiger partial charge on any atom is 0.204 e. The van der Waals surface area contributed by atoms with E-state index < -0.39 is 0 Å². The van der Waals surface area contributed by atoms with Crippen LogP contribution in [0.1, 0.15) is 51.0 Å². The number of ether oxygens (including phenoxy) is 5. The van der Waals surface area contributed by atoms with Gasteiger partial charge in [0.2, 0.25) is 11.5 Å². The number of hydrogen-bond donors (Lipinski definition) is 2. The summed E-state index contributed by atoms with van der Waals surface area (Å²) >= 11 is 0. The normalized spacial score (nSPS) is 19.2. The van der Waals surface area contributed by atoms with Gasteiger partial charge in [0.05, 0.1) is 21.3 Å². The second-order valence-corrected chi connectivity index (χ2v) is 12.1. The van der Waals surface area contributed by atoms with E-state index in [9.17, 15) is 5.11 Å². The number of methoxy groups -OCH3 is 3. The van der Waals surface area contributed by atoms with Crippen LogP contribution in [0.25, 0.3) is 0 Å². The van der Waals surface area contributed by atoms with Gasteiger partial charge in [-0.05, 0) is 91.4 Å². The summed E-state index contributed by atoms with van der Waals surface area (Å²) in [5.41, 5.74) is 7.61. The second-order valence-electron chi connectivity index (χ2n) is 12.1. The number of nitrogens with zero attached hydrogens (tertiary/aromatic N) is 1. The van der Waals surface area contributed by atoms with Crippen molar-refractivity contribution < 1.29 is 28.8 Å². The number of phenolic OH excluding ortho intramolecular Hbond substituents is 1. The number of benzene rings is 4. The fourth-order valence-corrected chi connectivity index (χ4v) is 7.07. The fourth-order valence-electron chi connectivity index (χ4n) is 7.07. The van der Waals surface area contributed by atoms with Crippen LogP contribution in [0.15, 0.2) is 60.7 Å². The number of nitrogens with one attached hydrogen (secondary N) is 1. The molecular formula is C37H40N2O6. The maximum atomic E-state index is 11.6. The maximum absolute atomic E-state index is 11.6. The standard InChI is InChI=1S/C37H40N2O6/c1-39-16-14-26-20-31(42-3)36(43-4)37-33(26)29(39)18-23-5-7-24(8-6-23)21-44-35-30(41-2)19-25-13-15-38-28(32(25)34(35)40)17-22-9-11-27(45-37)12-10-22/h5-12,19-20,28-29,38,40H,13-18,21H2,1-4H3/t28-,29+/m0/s1. The van der Waals surface area contributed by atoms with E-state index >= 15 is 0 Å². The zero-order chi connectivity index (χ0) is 31.1. The lowest BCUT2D eigenvalue weighted by molar-refractivity contribution is 0.221. The molecule has 2 N–H and O–H groups in total. The van der Waals surface area contributed by atoms with Crippen LogP contribution < -0.4 is 29.0 Å². The van der Waals surface area contributed by atoms with Crippen molar-refractivity contribution in [1.29, 1.82) is 0 Å². The monoisotopic (exact) mass is 608 g/mol. The highest BCUT2D eigenvalue weighted by atomic mass is 16.5. The number of rotatable bonds is 3. The number of likely N-dealkylation sites (N-methyl/N-ethyl adjacent to an activating group) is 1. The molecule has 0 saturated heterocycles. The van der Waals surface area contributed by atoms with Crippen molar-refractivity contribution in [2.75, 3.05) is 41.5 Å². The quantitative estimate of drug-likeness (QED) is 0.280. The molecule has 234 valence electrons. The molecule has 6 aliphatic rings. The van der Waals surface area contributed by atoms with Gasteiger partial charge >= 0.3 is 0 Å². The van der Waals surface area contributed by atoms with Crippen LogP contribution in [0.5, 0.6) is 40.2 Å². The van der Waals surface area contributed by atoms with E-state index in [4.69, 9.17) is 23.7 Å². The summed E-state index contributed by atoms with van der Waals surface area (Å²) in [5, 5.41) is 15.2. The van der Waals surface area contributed by atoms with E-state index in [1.54, 1.807) is 21.3 Å². The molecule has 0 aliphatic carbocycles. The summed E-state index contributed by atoms with van der Waals surface area (Å²) in [5.74, 6) is 3.76. The highest BCUT2D eigenvalue weighted by Gasteiger charge is 2.33. The number of phenols is 1. The second kappa shape index (κ2) is 12.2. The molecule has 0 unspecified atom stereocenters. The highest BCUT2D eigenvalue weighted by Crippen LogP contribution is 2.50. The minimum Gasteiger partial charge on any atom is -0.504 e. The van der Waals surface area contributed by atoms with Gasteiger partial charge in [-0.3, -0.25) is 4.90 Å². The predicted molar refractivity (Wildman–Crippen MR) is 172 cm³/mol. The first-order valence-corrected chi connectivity index (χ1v) is 15.6. The fraction of sp³-hybridized carbons (Fsp3) is 0.351. The van der Waals surface area contributed by atoms with E-state index in [1.165, 1.54) is 11.1 Å². The molecule has 0 spiro atoms. The molecule has 2 atom stereocenters. The predicted octanol–water partition coefficient (Wildman–Crippen LogP) is 6.30. The van der Waals surface area contributed by atoms with Crippen molar-refractivity contribution in [3.8, 4) is 40.2 Å². The van der Waals surface area contributed by atoms with Gasteiger partial charge in [-0.2, -0.15) is 0 Å². The van der Waals surface area contributed by atoms with Crippen LogP contribution >= 0.6 is 0 Å². The molecule has 0 radical (unpaired) electrons. The van der Waals surface area contributed by atoms with Crippen LogP contribution in [0.3, 0.4) is 0 Å². The third-order valence-electron chi connectivity index (χ3n) is 9.47. The molecule has 6 heterocycles. The summed E-state index contributed by atoms with van der Waals surface area (Å²) in [6.45, 7) is 2.04. The summed E-state index contributed by atoms with van der Waals surface area (Å²) in [6.07, 6.45) is 3.18. The van der Waals surface area contributed by atoms with Crippen LogP contribution in [0, 0.1) is 0 Å². The van der Waals surface area contributed by atoms with Crippen molar-refractivity contribution in [1.82, 2.24) is 10.2 Å². The Balaban J connectivity index is 1.36. The highest BCUT2D eigenvalue weighted by molar-refractivity contribution is 5.63. The van der Waals surface area contributed by atoms with Crippen LogP contribution in [-0.2, 0) is 32.3 Å². The van der Waals surface area contributed by atoms with Crippen molar-refractivity contribution >= 4 is 0 Å². The van der Waals surface area contributed by atoms with E-state index in [1.807, 2.05) is 18.2 Å².